The van der Waals surface area contributed by atoms with Gasteiger partial charge in [0.2, 0.25) is 0 Å². The fourth-order valence-electron chi connectivity index (χ4n) is 8.70. The highest BCUT2D eigenvalue weighted by molar-refractivity contribution is 6.11. The van der Waals surface area contributed by atoms with E-state index in [0.717, 1.165) is 66.9 Å². The van der Waals surface area contributed by atoms with Crippen molar-refractivity contribution in [1.29, 1.82) is 0 Å². The number of furan rings is 1. The third kappa shape index (κ3) is 5.43. The zero-order chi connectivity index (χ0) is 37.7. The number of para-hydroxylation sites is 7. The van der Waals surface area contributed by atoms with Crippen LogP contribution in [0.15, 0.2) is 223 Å². The molecular formula is C54H36N2O. The van der Waals surface area contributed by atoms with E-state index in [1.165, 1.54) is 32.9 Å². The van der Waals surface area contributed by atoms with Crippen molar-refractivity contribution in [3.63, 3.8) is 0 Å². The first-order valence-electron chi connectivity index (χ1n) is 19.4. The standard InChI is InChI=1S/C54H36N2O/c1-2-17-38(18-3-1)55(39-35-33-37(34-36-39)40-26-16-27-48-47-25-10-15-32-53(47)57-54(40)48)49-28-11-6-21-43(49)41-19-4-5-20-42(41)44-22-7-12-29-50(44)56-51-30-13-8-23-45(51)46-24-9-14-31-52(46)56/h1-36H. The van der Waals surface area contributed by atoms with Gasteiger partial charge in [-0.25, -0.2) is 0 Å². The van der Waals surface area contributed by atoms with Crippen molar-refractivity contribution in [3.8, 4) is 39.1 Å². The van der Waals surface area contributed by atoms with Gasteiger partial charge in [0, 0.05) is 49.6 Å². The molecule has 11 rings (SSSR count). The second-order valence-corrected chi connectivity index (χ2v) is 14.4. The maximum atomic E-state index is 6.43. The van der Waals surface area contributed by atoms with Crippen molar-refractivity contribution in [1.82, 2.24) is 4.57 Å². The second kappa shape index (κ2) is 13.6. The molecule has 0 unspecified atom stereocenters. The molecule has 9 aromatic carbocycles. The Morgan fingerprint density at radius 2 is 0.842 bits per heavy atom. The first-order valence-corrected chi connectivity index (χ1v) is 19.4. The van der Waals surface area contributed by atoms with Gasteiger partial charge in [0.25, 0.3) is 0 Å². The molecule has 0 aliphatic heterocycles. The van der Waals surface area contributed by atoms with Gasteiger partial charge in [0.15, 0.2) is 0 Å². The molecule has 0 saturated carbocycles. The minimum Gasteiger partial charge on any atom is -0.455 e. The Morgan fingerprint density at radius 3 is 1.58 bits per heavy atom. The first-order chi connectivity index (χ1) is 28.3. The zero-order valence-corrected chi connectivity index (χ0v) is 31.1. The Labute approximate surface area is 330 Å². The Hall–Kier alpha value is -7.62. The molecule has 0 amide bonds. The molecule has 11 aromatic rings. The van der Waals surface area contributed by atoms with Crippen LogP contribution in [0.5, 0.6) is 0 Å². The van der Waals surface area contributed by atoms with E-state index < -0.39 is 0 Å². The van der Waals surface area contributed by atoms with E-state index in [0.29, 0.717) is 0 Å². The topological polar surface area (TPSA) is 21.3 Å². The molecule has 2 heterocycles. The van der Waals surface area contributed by atoms with Crippen LogP contribution < -0.4 is 4.90 Å². The molecule has 0 atom stereocenters. The van der Waals surface area contributed by atoms with Gasteiger partial charge in [-0.1, -0.05) is 164 Å². The average Bonchev–Trinajstić information content (AvgIpc) is 3.84. The van der Waals surface area contributed by atoms with Crippen molar-refractivity contribution < 1.29 is 4.42 Å². The van der Waals surface area contributed by atoms with Crippen LogP contribution >= 0.6 is 0 Å². The monoisotopic (exact) mass is 728 g/mol. The van der Waals surface area contributed by atoms with Crippen molar-refractivity contribution in [3.05, 3.63) is 218 Å². The van der Waals surface area contributed by atoms with Crippen molar-refractivity contribution in [2.45, 2.75) is 0 Å². The number of aromatic nitrogens is 1. The van der Waals surface area contributed by atoms with Crippen LogP contribution in [-0.4, -0.2) is 4.57 Å². The second-order valence-electron chi connectivity index (χ2n) is 14.4. The molecule has 0 bridgehead atoms. The lowest BCUT2D eigenvalue weighted by molar-refractivity contribution is 0.670. The summed E-state index contributed by atoms with van der Waals surface area (Å²) < 4.78 is 8.85. The maximum Gasteiger partial charge on any atom is 0.143 e. The molecule has 0 radical (unpaired) electrons. The Balaban J connectivity index is 1.06. The number of benzene rings is 9. The number of anilines is 3. The summed E-state index contributed by atoms with van der Waals surface area (Å²) in [5.41, 5.74) is 15.4. The third-order valence-corrected chi connectivity index (χ3v) is 11.2. The fourth-order valence-corrected chi connectivity index (χ4v) is 8.70. The molecule has 0 spiro atoms. The van der Waals surface area contributed by atoms with E-state index in [4.69, 9.17) is 4.42 Å². The van der Waals surface area contributed by atoms with Gasteiger partial charge in [-0.2, -0.15) is 0 Å². The molecule has 268 valence electrons. The number of hydrogen-bond acceptors (Lipinski definition) is 2. The minimum atomic E-state index is 0.904. The van der Waals surface area contributed by atoms with Gasteiger partial charge >= 0.3 is 0 Å². The highest BCUT2D eigenvalue weighted by atomic mass is 16.3. The van der Waals surface area contributed by atoms with Crippen LogP contribution in [0.25, 0.3) is 82.8 Å². The van der Waals surface area contributed by atoms with E-state index in [9.17, 15) is 0 Å². The van der Waals surface area contributed by atoms with E-state index in [1.807, 2.05) is 12.1 Å². The highest BCUT2D eigenvalue weighted by Crippen LogP contribution is 2.46. The summed E-state index contributed by atoms with van der Waals surface area (Å²) in [7, 11) is 0. The van der Waals surface area contributed by atoms with Crippen LogP contribution in [0, 0.1) is 0 Å². The number of fused-ring (bicyclic) bond motifs is 6. The number of hydrogen-bond donors (Lipinski definition) is 0. The SMILES string of the molecule is c1ccc(N(c2ccc(-c3cccc4c3oc3ccccc34)cc2)c2ccccc2-c2ccccc2-c2ccccc2-n2c3ccccc3c3ccccc32)cc1. The summed E-state index contributed by atoms with van der Waals surface area (Å²) >= 11 is 0. The third-order valence-electron chi connectivity index (χ3n) is 11.2. The smallest absolute Gasteiger partial charge is 0.143 e. The molecule has 3 heteroatoms. The summed E-state index contributed by atoms with van der Waals surface area (Å²) in [6, 6.07) is 78.1. The molecule has 0 fully saturated rings. The van der Waals surface area contributed by atoms with Gasteiger partial charge in [-0.3, -0.25) is 0 Å². The lowest BCUT2D eigenvalue weighted by Crippen LogP contribution is -2.11. The molecule has 0 aliphatic carbocycles. The minimum absolute atomic E-state index is 0.904. The summed E-state index contributed by atoms with van der Waals surface area (Å²) in [6.45, 7) is 0. The van der Waals surface area contributed by atoms with Crippen LogP contribution in [0.4, 0.5) is 17.1 Å². The van der Waals surface area contributed by atoms with Crippen LogP contribution in [-0.2, 0) is 0 Å². The van der Waals surface area contributed by atoms with Gasteiger partial charge < -0.3 is 13.9 Å². The van der Waals surface area contributed by atoms with Crippen LogP contribution in [0.3, 0.4) is 0 Å². The van der Waals surface area contributed by atoms with Gasteiger partial charge in [-0.05, 0) is 71.3 Å². The van der Waals surface area contributed by atoms with Crippen LogP contribution in [0.2, 0.25) is 0 Å². The largest absolute Gasteiger partial charge is 0.455 e. The highest BCUT2D eigenvalue weighted by Gasteiger charge is 2.22. The molecule has 57 heavy (non-hydrogen) atoms. The average molecular weight is 729 g/mol. The summed E-state index contributed by atoms with van der Waals surface area (Å²) in [4.78, 5) is 2.37. The molecule has 2 aromatic heterocycles. The van der Waals surface area contributed by atoms with E-state index in [2.05, 4.69) is 216 Å². The van der Waals surface area contributed by atoms with Crippen LogP contribution in [0.1, 0.15) is 0 Å². The van der Waals surface area contributed by atoms with Crippen molar-refractivity contribution in [2.24, 2.45) is 0 Å². The lowest BCUT2D eigenvalue weighted by Gasteiger charge is -2.28. The Morgan fingerprint density at radius 1 is 0.333 bits per heavy atom. The van der Waals surface area contributed by atoms with Crippen molar-refractivity contribution in [2.75, 3.05) is 4.90 Å². The summed E-state index contributed by atoms with van der Waals surface area (Å²) in [5, 5.41) is 4.77. The first kappa shape index (κ1) is 32.8. The van der Waals surface area contributed by atoms with Gasteiger partial charge in [-0.15, -0.1) is 0 Å². The van der Waals surface area contributed by atoms with E-state index in [-0.39, 0.29) is 0 Å². The zero-order valence-electron chi connectivity index (χ0n) is 31.1. The summed E-state index contributed by atoms with van der Waals surface area (Å²) in [6.07, 6.45) is 0. The van der Waals surface area contributed by atoms with Crippen molar-refractivity contribution >= 4 is 60.8 Å². The quantitative estimate of drug-likeness (QED) is 0.163. The van der Waals surface area contributed by atoms with E-state index in [1.54, 1.807) is 0 Å². The molecular weight excluding hydrogens is 693 g/mol. The Kier molecular flexibility index (Phi) is 7.82. The predicted molar refractivity (Wildman–Crippen MR) is 239 cm³/mol. The van der Waals surface area contributed by atoms with E-state index >= 15 is 0 Å². The molecule has 0 aliphatic rings. The molecule has 3 nitrogen and oxygen atoms in total. The predicted octanol–water partition coefficient (Wildman–Crippen LogP) is 15.2. The number of nitrogens with zero attached hydrogens (tertiary/aromatic N) is 2. The lowest BCUT2D eigenvalue weighted by atomic mass is 9.92. The fraction of sp³-hybridized carbons (Fsp3) is 0. The summed E-state index contributed by atoms with van der Waals surface area (Å²) in [5.74, 6) is 0. The Bertz CT molecular complexity index is 3190. The molecule has 0 N–H and O–H groups in total. The maximum absolute atomic E-state index is 6.43. The molecule has 0 saturated heterocycles. The normalized spacial score (nSPS) is 11.5. The number of rotatable bonds is 7. The van der Waals surface area contributed by atoms with Gasteiger partial charge in [0.1, 0.15) is 11.2 Å². The van der Waals surface area contributed by atoms with Gasteiger partial charge in [0.05, 0.1) is 22.4 Å².